The van der Waals surface area contributed by atoms with Gasteiger partial charge in [0.05, 0.1) is 18.1 Å². The Bertz CT molecular complexity index is 749. The molecule has 2 aromatic rings. The molecule has 1 aliphatic carbocycles. The van der Waals surface area contributed by atoms with Crippen LogP contribution < -0.4 is 5.32 Å². The first-order valence-electron chi connectivity index (χ1n) is 7.77. The number of nitrogens with one attached hydrogen (secondary N) is 1. The fourth-order valence-corrected chi connectivity index (χ4v) is 2.77. The highest BCUT2D eigenvalue weighted by atomic mass is 19.1. The van der Waals surface area contributed by atoms with E-state index in [2.05, 4.69) is 10.1 Å². The maximum absolute atomic E-state index is 13.0. The van der Waals surface area contributed by atoms with E-state index in [1.54, 1.807) is 36.4 Å². The van der Waals surface area contributed by atoms with E-state index in [1.165, 1.54) is 19.2 Å². The molecular weight excluding hydrogens is 309 g/mol. The van der Waals surface area contributed by atoms with Crippen LogP contribution in [0.2, 0.25) is 0 Å². The zero-order chi connectivity index (χ0) is 17.2. The van der Waals surface area contributed by atoms with Gasteiger partial charge >= 0.3 is 5.97 Å². The molecular formula is C19H18FNO3. The number of ether oxygens (including phenoxy) is 1. The summed E-state index contributed by atoms with van der Waals surface area (Å²) in [6, 6.07) is 13.0. The van der Waals surface area contributed by atoms with Crippen LogP contribution in [0.1, 0.15) is 34.3 Å². The van der Waals surface area contributed by atoms with E-state index >= 15 is 0 Å². The van der Waals surface area contributed by atoms with Crippen molar-refractivity contribution in [1.29, 1.82) is 0 Å². The maximum atomic E-state index is 13.0. The Hall–Kier alpha value is -2.69. The second-order valence-electron chi connectivity index (χ2n) is 5.96. The van der Waals surface area contributed by atoms with E-state index in [9.17, 15) is 14.0 Å². The zero-order valence-corrected chi connectivity index (χ0v) is 13.3. The van der Waals surface area contributed by atoms with E-state index in [4.69, 9.17) is 0 Å². The fourth-order valence-electron chi connectivity index (χ4n) is 2.77. The first-order chi connectivity index (χ1) is 11.5. The maximum Gasteiger partial charge on any atom is 0.337 e. The van der Waals surface area contributed by atoms with Gasteiger partial charge in [-0.1, -0.05) is 24.3 Å². The van der Waals surface area contributed by atoms with Crippen LogP contribution >= 0.6 is 0 Å². The van der Waals surface area contributed by atoms with Crippen LogP contribution in [0, 0.1) is 5.82 Å². The number of rotatable bonds is 5. The molecule has 24 heavy (non-hydrogen) atoms. The molecule has 124 valence electrons. The molecule has 5 heteroatoms. The minimum atomic E-state index is -0.528. The average Bonchev–Trinajstić information content (AvgIpc) is 3.42. The molecule has 1 fully saturated rings. The van der Waals surface area contributed by atoms with Gasteiger partial charge in [0.15, 0.2) is 0 Å². The number of hydrogen-bond acceptors (Lipinski definition) is 3. The molecule has 1 amide bonds. The number of benzene rings is 2. The van der Waals surface area contributed by atoms with E-state index in [-0.39, 0.29) is 17.7 Å². The number of hydrogen-bond donors (Lipinski definition) is 1. The van der Waals surface area contributed by atoms with Crippen molar-refractivity contribution in [2.45, 2.75) is 24.8 Å². The lowest BCUT2D eigenvalue weighted by Crippen LogP contribution is -2.34. The second kappa shape index (κ2) is 6.43. The Morgan fingerprint density at radius 3 is 2.25 bits per heavy atom. The van der Waals surface area contributed by atoms with Crippen molar-refractivity contribution >= 4 is 11.9 Å². The molecule has 0 aromatic heterocycles. The van der Waals surface area contributed by atoms with Crippen molar-refractivity contribution < 1.29 is 18.7 Å². The monoisotopic (exact) mass is 327 g/mol. The summed E-state index contributed by atoms with van der Waals surface area (Å²) in [5.41, 5.74) is 1.69. The topological polar surface area (TPSA) is 55.4 Å². The van der Waals surface area contributed by atoms with Crippen molar-refractivity contribution in [3.63, 3.8) is 0 Å². The molecule has 0 bridgehead atoms. The molecule has 0 unspecified atom stereocenters. The number of esters is 1. The minimum absolute atomic E-state index is 0.0499. The van der Waals surface area contributed by atoms with Crippen LogP contribution in [0.5, 0.6) is 0 Å². The predicted octanol–water partition coefficient (Wildman–Crippen LogP) is 2.96. The SMILES string of the molecule is COC(=O)c1ccc(CNC(=O)C2(c3ccc(F)cc3)CC2)cc1. The summed E-state index contributed by atoms with van der Waals surface area (Å²) in [6.07, 6.45) is 1.54. The summed E-state index contributed by atoms with van der Waals surface area (Å²) in [4.78, 5) is 23.9. The van der Waals surface area contributed by atoms with Crippen molar-refractivity contribution in [2.24, 2.45) is 0 Å². The quantitative estimate of drug-likeness (QED) is 0.859. The van der Waals surface area contributed by atoms with Gasteiger partial charge in [0.2, 0.25) is 5.91 Å². The number of halogens is 1. The Labute approximate surface area is 139 Å². The molecule has 0 atom stereocenters. The van der Waals surface area contributed by atoms with Gasteiger partial charge in [-0.05, 0) is 48.2 Å². The van der Waals surface area contributed by atoms with Gasteiger partial charge in [0, 0.05) is 6.54 Å². The van der Waals surface area contributed by atoms with E-state index in [0.29, 0.717) is 12.1 Å². The predicted molar refractivity (Wildman–Crippen MR) is 86.9 cm³/mol. The summed E-state index contributed by atoms with van der Waals surface area (Å²) >= 11 is 0. The Morgan fingerprint density at radius 1 is 1.08 bits per heavy atom. The van der Waals surface area contributed by atoms with Crippen molar-refractivity contribution in [3.05, 3.63) is 71.0 Å². The number of carbonyl (C=O) groups excluding carboxylic acids is 2. The molecule has 0 saturated heterocycles. The van der Waals surface area contributed by atoms with Gasteiger partial charge in [-0.15, -0.1) is 0 Å². The Kier molecular flexibility index (Phi) is 4.34. The number of methoxy groups -OCH3 is 1. The van der Waals surface area contributed by atoms with E-state index < -0.39 is 5.41 Å². The third-order valence-electron chi connectivity index (χ3n) is 4.41. The van der Waals surface area contributed by atoms with Crippen LogP contribution in [-0.4, -0.2) is 19.0 Å². The Morgan fingerprint density at radius 2 is 1.71 bits per heavy atom. The van der Waals surface area contributed by atoms with Gasteiger partial charge in [-0.3, -0.25) is 4.79 Å². The van der Waals surface area contributed by atoms with Crippen LogP contribution in [0.3, 0.4) is 0 Å². The standard InChI is InChI=1S/C19H18FNO3/c1-24-17(22)14-4-2-13(3-5-14)12-21-18(23)19(10-11-19)15-6-8-16(20)9-7-15/h2-9H,10-12H2,1H3,(H,21,23). The molecule has 1 N–H and O–H groups in total. The largest absolute Gasteiger partial charge is 0.465 e. The lowest BCUT2D eigenvalue weighted by Gasteiger charge is -2.16. The van der Waals surface area contributed by atoms with Crippen LogP contribution in [0.4, 0.5) is 4.39 Å². The molecule has 0 heterocycles. The molecule has 2 aromatic carbocycles. The highest BCUT2D eigenvalue weighted by Gasteiger charge is 2.51. The van der Waals surface area contributed by atoms with Crippen molar-refractivity contribution in [2.75, 3.05) is 7.11 Å². The van der Waals surface area contributed by atoms with Crippen LogP contribution in [-0.2, 0) is 21.5 Å². The van der Waals surface area contributed by atoms with Gasteiger partial charge in [0.25, 0.3) is 0 Å². The second-order valence-corrected chi connectivity index (χ2v) is 5.96. The van der Waals surface area contributed by atoms with E-state index in [1.807, 2.05) is 0 Å². The fraction of sp³-hybridized carbons (Fsp3) is 0.263. The summed E-state index contributed by atoms with van der Waals surface area (Å²) in [5.74, 6) is -0.745. The lowest BCUT2D eigenvalue weighted by molar-refractivity contribution is -0.123. The van der Waals surface area contributed by atoms with E-state index in [0.717, 1.165) is 24.0 Å². The molecule has 0 radical (unpaired) electrons. The third-order valence-corrected chi connectivity index (χ3v) is 4.41. The third kappa shape index (κ3) is 3.15. The summed E-state index contributed by atoms with van der Waals surface area (Å²) in [7, 11) is 1.33. The molecule has 1 aliphatic rings. The normalized spacial score (nSPS) is 14.8. The first-order valence-corrected chi connectivity index (χ1v) is 7.77. The van der Waals surface area contributed by atoms with Gasteiger partial charge in [-0.2, -0.15) is 0 Å². The van der Waals surface area contributed by atoms with Gasteiger partial charge in [-0.25, -0.2) is 9.18 Å². The smallest absolute Gasteiger partial charge is 0.337 e. The van der Waals surface area contributed by atoms with Crippen molar-refractivity contribution in [3.8, 4) is 0 Å². The minimum Gasteiger partial charge on any atom is -0.465 e. The van der Waals surface area contributed by atoms with Crippen LogP contribution in [0.25, 0.3) is 0 Å². The summed E-state index contributed by atoms with van der Waals surface area (Å²) < 4.78 is 17.7. The van der Waals surface area contributed by atoms with Gasteiger partial charge < -0.3 is 10.1 Å². The highest BCUT2D eigenvalue weighted by Crippen LogP contribution is 2.48. The average molecular weight is 327 g/mol. The summed E-state index contributed by atoms with van der Waals surface area (Å²) in [6.45, 7) is 0.378. The van der Waals surface area contributed by atoms with Gasteiger partial charge in [0.1, 0.15) is 5.82 Å². The lowest BCUT2D eigenvalue weighted by atomic mass is 9.95. The van der Waals surface area contributed by atoms with Crippen LogP contribution in [0.15, 0.2) is 48.5 Å². The number of carbonyl (C=O) groups is 2. The molecule has 1 saturated carbocycles. The number of amides is 1. The first kappa shape index (κ1) is 16.2. The zero-order valence-electron chi connectivity index (χ0n) is 13.3. The highest BCUT2D eigenvalue weighted by molar-refractivity contribution is 5.91. The molecule has 3 rings (SSSR count). The molecule has 0 aliphatic heterocycles. The van der Waals surface area contributed by atoms with Crippen molar-refractivity contribution in [1.82, 2.24) is 5.32 Å². The molecule has 4 nitrogen and oxygen atoms in total. The Balaban J connectivity index is 1.63. The summed E-state index contributed by atoms with van der Waals surface area (Å²) in [5, 5.41) is 2.93. The molecule has 0 spiro atoms.